The lowest BCUT2D eigenvalue weighted by molar-refractivity contribution is 0.0548. The Hall–Kier alpha value is -1.28. The molecule has 0 fully saturated rings. The van der Waals surface area contributed by atoms with Gasteiger partial charge in [-0.25, -0.2) is 0 Å². The van der Waals surface area contributed by atoms with Crippen molar-refractivity contribution in [2.75, 3.05) is 0 Å². The molecule has 0 amide bonds. The van der Waals surface area contributed by atoms with Crippen LogP contribution in [-0.4, -0.2) is 16.8 Å². The highest BCUT2D eigenvalue weighted by Gasteiger charge is 2.24. The second-order valence-corrected chi connectivity index (χ2v) is 5.35. The van der Waals surface area contributed by atoms with Crippen LogP contribution in [0, 0.1) is 5.92 Å². The maximum Gasteiger partial charge on any atom is 0.119 e. The van der Waals surface area contributed by atoms with Gasteiger partial charge in [0.2, 0.25) is 0 Å². The fourth-order valence-corrected chi connectivity index (χ4v) is 1.74. The summed E-state index contributed by atoms with van der Waals surface area (Å²) in [5, 5.41) is 10.1. The predicted octanol–water partition coefficient (Wildman–Crippen LogP) is 3.59. The minimum atomic E-state index is -0.826. The molecule has 0 bridgehead atoms. The third kappa shape index (κ3) is 4.19. The van der Waals surface area contributed by atoms with Crippen molar-refractivity contribution in [1.82, 2.24) is 0 Å². The smallest absolute Gasteiger partial charge is 0.119 e. The van der Waals surface area contributed by atoms with E-state index in [-0.39, 0.29) is 12.0 Å². The molecule has 0 saturated heterocycles. The van der Waals surface area contributed by atoms with Crippen LogP contribution in [0.15, 0.2) is 36.9 Å². The molecule has 0 saturated carbocycles. The lowest BCUT2D eigenvalue weighted by atomic mass is 9.86. The molecule has 2 heteroatoms. The van der Waals surface area contributed by atoms with E-state index in [1.807, 2.05) is 45.0 Å². The predicted molar refractivity (Wildman–Crippen MR) is 75.9 cm³/mol. The van der Waals surface area contributed by atoms with E-state index in [0.717, 1.165) is 12.2 Å². The van der Waals surface area contributed by atoms with E-state index in [2.05, 4.69) is 6.58 Å². The summed E-state index contributed by atoms with van der Waals surface area (Å²) in [5.41, 5.74) is 0.369. The third-order valence-electron chi connectivity index (χ3n) is 3.25. The van der Waals surface area contributed by atoms with Gasteiger partial charge in [-0.15, -0.1) is 6.58 Å². The van der Waals surface area contributed by atoms with Crippen molar-refractivity contribution >= 4 is 0 Å². The minimum Gasteiger partial charge on any atom is -0.491 e. The highest BCUT2D eigenvalue weighted by molar-refractivity contribution is 5.28. The van der Waals surface area contributed by atoms with Gasteiger partial charge in [-0.05, 0) is 50.8 Å². The van der Waals surface area contributed by atoms with E-state index in [9.17, 15) is 5.11 Å². The fourth-order valence-electron chi connectivity index (χ4n) is 1.74. The van der Waals surface area contributed by atoms with Crippen LogP contribution in [0.3, 0.4) is 0 Å². The summed E-state index contributed by atoms with van der Waals surface area (Å²) < 4.78 is 5.60. The number of rotatable bonds is 6. The second-order valence-electron chi connectivity index (χ2n) is 5.35. The normalized spacial score (nSPS) is 16.1. The van der Waals surface area contributed by atoms with Gasteiger partial charge in [0.25, 0.3) is 0 Å². The van der Waals surface area contributed by atoms with Crippen LogP contribution in [0.25, 0.3) is 0 Å². The first-order chi connectivity index (χ1) is 8.35. The molecule has 0 aromatic heterocycles. The van der Waals surface area contributed by atoms with Crippen molar-refractivity contribution in [2.45, 2.75) is 45.8 Å². The van der Waals surface area contributed by atoms with Gasteiger partial charge in [-0.3, -0.25) is 0 Å². The van der Waals surface area contributed by atoms with E-state index in [4.69, 9.17) is 4.74 Å². The van der Waals surface area contributed by atoms with Crippen molar-refractivity contribution in [1.29, 1.82) is 0 Å². The van der Waals surface area contributed by atoms with Gasteiger partial charge in [0.05, 0.1) is 11.7 Å². The summed E-state index contributed by atoms with van der Waals surface area (Å²) in [6, 6.07) is 8.05. The van der Waals surface area contributed by atoms with Gasteiger partial charge < -0.3 is 9.84 Å². The number of ether oxygens (including phenoxy) is 1. The number of benzene rings is 1. The Kier molecular flexibility index (Phi) is 4.97. The summed E-state index contributed by atoms with van der Waals surface area (Å²) in [6.45, 7) is 11.5. The van der Waals surface area contributed by atoms with Crippen LogP contribution in [0.5, 0.6) is 5.75 Å². The summed E-state index contributed by atoms with van der Waals surface area (Å²) >= 11 is 0. The largest absolute Gasteiger partial charge is 0.491 e. The van der Waals surface area contributed by atoms with Crippen molar-refractivity contribution < 1.29 is 9.84 Å². The zero-order valence-electron chi connectivity index (χ0n) is 11.8. The summed E-state index contributed by atoms with van der Waals surface area (Å²) in [7, 11) is 0. The SMILES string of the molecule is C=CC(C)(O)C(C)Cc1ccc(OC(C)C)cc1. The van der Waals surface area contributed by atoms with Gasteiger partial charge in [0, 0.05) is 0 Å². The lowest BCUT2D eigenvalue weighted by Crippen LogP contribution is -2.31. The highest BCUT2D eigenvalue weighted by Crippen LogP contribution is 2.23. The van der Waals surface area contributed by atoms with E-state index in [0.29, 0.717) is 0 Å². The monoisotopic (exact) mass is 248 g/mol. The number of aliphatic hydroxyl groups is 1. The van der Waals surface area contributed by atoms with Crippen molar-refractivity contribution in [3.63, 3.8) is 0 Å². The van der Waals surface area contributed by atoms with E-state index in [1.165, 1.54) is 5.56 Å². The molecule has 18 heavy (non-hydrogen) atoms. The Bertz CT molecular complexity index is 377. The summed E-state index contributed by atoms with van der Waals surface area (Å²) in [4.78, 5) is 0. The molecular formula is C16H24O2. The fraction of sp³-hybridized carbons (Fsp3) is 0.500. The molecule has 0 aliphatic heterocycles. The Morgan fingerprint density at radius 3 is 2.28 bits per heavy atom. The zero-order chi connectivity index (χ0) is 13.8. The Labute approximate surface area is 110 Å². The van der Waals surface area contributed by atoms with Gasteiger partial charge in [-0.2, -0.15) is 0 Å². The van der Waals surface area contributed by atoms with Gasteiger partial charge >= 0.3 is 0 Å². The van der Waals surface area contributed by atoms with Crippen molar-refractivity contribution in [2.24, 2.45) is 5.92 Å². The van der Waals surface area contributed by atoms with Crippen molar-refractivity contribution in [3.05, 3.63) is 42.5 Å². The van der Waals surface area contributed by atoms with E-state index < -0.39 is 5.60 Å². The highest BCUT2D eigenvalue weighted by atomic mass is 16.5. The van der Waals surface area contributed by atoms with E-state index >= 15 is 0 Å². The van der Waals surface area contributed by atoms with Crippen LogP contribution in [0.4, 0.5) is 0 Å². The number of hydrogen-bond donors (Lipinski definition) is 1. The first kappa shape index (κ1) is 14.8. The van der Waals surface area contributed by atoms with Crippen LogP contribution >= 0.6 is 0 Å². The molecule has 1 rings (SSSR count). The average Bonchev–Trinajstić information content (AvgIpc) is 2.31. The minimum absolute atomic E-state index is 0.131. The third-order valence-corrected chi connectivity index (χ3v) is 3.25. The van der Waals surface area contributed by atoms with Crippen LogP contribution in [0.2, 0.25) is 0 Å². The molecule has 0 aliphatic rings. The summed E-state index contributed by atoms with van der Waals surface area (Å²) in [5.74, 6) is 1.02. The molecule has 1 aromatic rings. The topological polar surface area (TPSA) is 29.5 Å². The standard InChI is InChI=1S/C16H24O2/c1-6-16(5,17)13(4)11-14-7-9-15(10-8-14)18-12(2)3/h6-10,12-13,17H,1,11H2,2-5H3. The average molecular weight is 248 g/mol. The first-order valence-electron chi connectivity index (χ1n) is 6.46. The van der Waals surface area contributed by atoms with Crippen LogP contribution < -0.4 is 4.74 Å². The van der Waals surface area contributed by atoms with Crippen molar-refractivity contribution in [3.8, 4) is 5.75 Å². The molecule has 0 aliphatic carbocycles. The molecule has 2 atom stereocenters. The second kappa shape index (κ2) is 6.05. The Balaban J connectivity index is 2.66. The first-order valence-corrected chi connectivity index (χ1v) is 6.46. The van der Waals surface area contributed by atoms with E-state index in [1.54, 1.807) is 13.0 Å². The molecule has 2 unspecified atom stereocenters. The maximum absolute atomic E-state index is 10.1. The molecular weight excluding hydrogens is 224 g/mol. The van der Waals surface area contributed by atoms with Crippen LogP contribution in [-0.2, 0) is 6.42 Å². The Morgan fingerprint density at radius 2 is 1.83 bits per heavy atom. The van der Waals surface area contributed by atoms with Gasteiger partial charge in [0.1, 0.15) is 5.75 Å². The van der Waals surface area contributed by atoms with Gasteiger partial charge in [0.15, 0.2) is 0 Å². The molecule has 2 nitrogen and oxygen atoms in total. The quantitative estimate of drug-likeness (QED) is 0.780. The maximum atomic E-state index is 10.1. The molecule has 0 spiro atoms. The lowest BCUT2D eigenvalue weighted by Gasteiger charge is -2.26. The zero-order valence-corrected chi connectivity index (χ0v) is 11.8. The van der Waals surface area contributed by atoms with Crippen LogP contribution in [0.1, 0.15) is 33.3 Å². The molecule has 1 N–H and O–H groups in total. The van der Waals surface area contributed by atoms with Gasteiger partial charge in [-0.1, -0.05) is 25.1 Å². The molecule has 1 aromatic carbocycles. The Morgan fingerprint density at radius 1 is 1.28 bits per heavy atom. The molecule has 0 radical (unpaired) electrons. The number of hydrogen-bond acceptors (Lipinski definition) is 2. The molecule has 100 valence electrons. The summed E-state index contributed by atoms with van der Waals surface area (Å²) in [6.07, 6.45) is 2.62. The molecule has 0 heterocycles.